The Morgan fingerprint density at radius 3 is 2.75 bits per heavy atom. The minimum Gasteiger partial charge on any atom is -0.436 e. The lowest BCUT2D eigenvalue weighted by Gasteiger charge is -1.98. The minimum atomic E-state index is 0.544. The molecule has 0 unspecified atom stereocenters. The van der Waals surface area contributed by atoms with Crippen molar-refractivity contribution in [2.45, 2.75) is 0 Å². The van der Waals surface area contributed by atoms with Gasteiger partial charge in [0.2, 0.25) is 5.89 Å². The van der Waals surface area contributed by atoms with Crippen LogP contribution in [-0.4, -0.2) is 19.6 Å². The maximum absolute atomic E-state index is 5.84. The van der Waals surface area contributed by atoms with Gasteiger partial charge < -0.3 is 4.42 Å². The Balaban J connectivity index is 1.84. The smallest absolute Gasteiger partial charge is 0.230 e. The highest BCUT2D eigenvalue weighted by Crippen LogP contribution is 2.27. The van der Waals surface area contributed by atoms with Gasteiger partial charge in [-0.05, 0) is 6.07 Å². The molecule has 4 aromatic rings. The molecule has 20 heavy (non-hydrogen) atoms. The van der Waals surface area contributed by atoms with Crippen molar-refractivity contribution in [2.24, 2.45) is 0 Å². The zero-order valence-electron chi connectivity index (χ0n) is 10.5. The third-order valence-corrected chi connectivity index (χ3v) is 3.09. The molecule has 1 aromatic carbocycles. The molecule has 0 amide bonds. The summed E-state index contributed by atoms with van der Waals surface area (Å²) in [5.41, 5.74) is 2.56. The number of benzene rings is 1. The summed E-state index contributed by atoms with van der Waals surface area (Å²) in [6.07, 6.45) is 6.92. The molecule has 0 atom stereocenters. The summed E-state index contributed by atoms with van der Waals surface area (Å²) in [5.74, 6) is 1.28. The lowest BCUT2D eigenvalue weighted by atomic mass is 10.2. The zero-order valence-corrected chi connectivity index (χ0v) is 10.5. The molecule has 3 aromatic heterocycles. The number of oxazole rings is 1. The summed E-state index contributed by atoms with van der Waals surface area (Å²) >= 11 is 0. The van der Waals surface area contributed by atoms with Crippen LogP contribution >= 0.6 is 0 Å². The van der Waals surface area contributed by atoms with Gasteiger partial charge in [-0.1, -0.05) is 30.3 Å². The van der Waals surface area contributed by atoms with E-state index in [4.69, 9.17) is 4.42 Å². The highest BCUT2D eigenvalue weighted by Gasteiger charge is 2.12. The van der Waals surface area contributed by atoms with E-state index in [0.29, 0.717) is 5.89 Å². The van der Waals surface area contributed by atoms with E-state index in [2.05, 4.69) is 15.1 Å². The van der Waals surface area contributed by atoms with Crippen molar-refractivity contribution in [3.8, 4) is 22.8 Å². The van der Waals surface area contributed by atoms with Crippen LogP contribution in [0, 0.1) is 0 Å². The monoisotopic (exact) mass is 262 g/mol. The van der Waals surface area contributed by atoms with Crippen LogP contribution in [0.25, 0.3) is 28.4 Å². The largest absolute Gasteiger partial charge is 0.436 e. The molecule has 0 N–H and O–H groups in total. The van der Waals surface area contributed by atoms with Crippen LogP contribution in [0.5, 0.6) is 0 Å². The Morgan fingerprint density at radius 2 is 1.85 bits per heavy atom. The van der Waals surface area contributed by atoms with Gasteiger partial charge in [-0.3, -0.25) is 0 Å². The van der Waals surface area contributed by atoms with E-state index in [0.717, 1.165) is 22.5 Å². The van der Waals surface area contributed by atoms with Gasteiger partial charge >= 0.3 is 0 Å². The highest BCUT2D eigenvalue weighted by atomic mass is 16.4. The molecule has 0 aliphatic rings. The molecule has 0 saturated carbocycles. The number of hydrogen-bond acceptors (Lipinski definition) is 4. The van der Waals surface area contributed by atoms with Crippen LogP contribution in [-0.2, 0) is 0 Å². The van der Waals surface area contributed by atoms with E-state index in [1.165, 1.54) is 0 Å². The zero-order chi connectivity index (χ0) is 13.4. The topological polar surface area (TPSA) is 56.2 Å². The van der Waals surface area contributed by atoms with E-state index in [9.17, 15) is 0 Å². The van der Waals surface area contributed by atoms with Crippen molar-refractivity contribution in [2.75, 3.05) is 0 Å². The number of aromatic nitrogens is 4. The number of nitrogens with zero attached hydrogens (tertiary/aromatic N) is 4. The van der Waals surface area contributed by atoms with Gasteiger partial charge in [0.25, 0.3) is 0 Å². The number of imidazole rings is 1. The highest BCUT2D eigenvalue weighted by molar-refractivity contribution is 5.72. The Hall–Kier alpha value is -2.95. The Morgan fingerprint density at radius 1 is 0.950 bits per heavy atom. The molecule has 0 aliphatic heterocycles. The van der Waals surface area contributed by atoms with Crippen LogP contribution in [0.2, 0.25) is 0 Å². The van der Waals surface area contributed by atoms with E-state index < -0.39 is 0 Å². The predicted molar refractivity (Wildman–Crippen MR) is 73.9 cm³/mol. The van der Waals surface area contributed by atoms with Crippen molar-refractivity contribution in [3.05, 3.63) is 61.2 Å². The standard InChI is InChI=1S/C15H10N4O/c1-2-4-11(5-3-1)13-10-17-15(20-13)12-6-7-18-19-9-8-16-14(12)19/h1-10H. The van der Waals surface area contributed by atoms with E-state index in [-0.39, 0.29) is 0 Å². The number of fused-ring (bicyclic) bond motifs is 1. The number of hydrogen-bond donors (Lipinski definition) is 0. The quantitative estimate of drug-likeness (QED) is 0.557. The summed E-state index contributed by atoms with van der Waals surface area (Å²) in [7, 11) is 0. The second-order valence-electron chi connectivity index (χ2n) is 4.34. The van der Waals surface area contributed by atoms with Crippen molar-refractivity contribution >= 4 is 5.65 Å². The Kier molecular flexibility index (Phi) is 2.35. The summed E-state index contributed by atoms with van der Waals surface area (Å²) < 4.78 is 7.54. The van der Waals surface area contributed by atoms with Crippen molar-refractivity contribution in [3.63, 3.8) is 0 Å². The fourth-order valence-electron chi connectivity index (χ4n) is 2.14. The molecule has 0 bridgehead atoms. The third-order valence-electron chi connectivity index (χ3n) is 3.09. The molecule has 5 heteroatoms. The Bertz CT molecular complexity index is 864. The van der Waals surface area contributed by atoms with Crippen LogP contribution < -0.4 is 0 Å². The van der Waals surface area contributed by atoms with Crippen molar-refractivity contribution in [1.82, 2.24) is 19.6 Å². The molecular weight excluding hydrogens is 252 g/mol. The molecule has 0 aliphatic carbocycles. The van der Waals surface area contributed by atoms with Crippen LogP contribution in [0.3, 0.4) is 0 Å². The third kappa shape index (κ3) is 1.68. The van der Waals surface area contributed by atoms with E-state index in [1.807, 2.05) is 36.4 Å². The van der Waals surface area contributed by atoms with Crippen LogP contribution in [0.15, 0.2) is 65.6 Å². The second-order valence-corrected chi connectivity index (χ2v) is 4.34. The maximum atomic E-state index is 5.84. The number of rotatable bonds is 2. The van der Waals surface area contributed by atoms with E-state index in [1.54, 1.807) is 29.3 Å². The molecule has 0 spiro atoms. The first-order valence-electron chi connectivity index (χ1n) is 6.22. The summed E-state index contributed by atoms with van der Waals surface area (Å²) in [6, 6.07) is 11.7. The fourth-order valence-corrected chi connectivity index (χ4v) is 2.14. The van der Waals surface area contributed by atoms with Crippen molar-refractivity contribution in [1.29, 1.82) is 0 Å². The molecule has 0 radical (unpaired) electrons. The van der Waals surface area contributed by atoms with Gasteiger partial charge in [0.15, 0.2) is 11.4 Å². The molecule has 0 fully saturated rings. The SMILES string of the molecule is c1ccc(-c2cnc(-c3ccnn4ccnc34)o2)cc1. The normalized spacial score (nSPS) is 11.0. The van der Waals surface area contributed by atoms with Gasteiger partial charge in [0, 0.05) is 24.2 Å². The van der Waals surface area contributed by atoms with Crippen molar-refractivity contribution < 1.29 is 4.42 Å². The molecule has 3 heterocycles. The van der Waals surface area contributed by atoms with Gasteiger partial charge in [-0.25, -0.2) is 14.5 Å². The molecule has 0 saturated heterocycles. The minimum absolute atomic E-state index is 0.544. The molecule has 96 valence electrons. The molecule has 5 nitrogen and oxygen atoms in total. The molecular formula is C15H10N4O. The maximum Gasteiger partial charge on any atom is 0.230 e. The van der Waals surface area contributed by atoms with Gasteiger partial charge in [0.05, 0.1) is 11.8 Å². The van der Waals surface area contributed by atoms with E-state index >= 15 is 0 Å². The Labute approximate surface area is 114 Å². The molecule has 4 rings (SSSR count). The second kappa shape index (κ2) is 4.31. The first kappa shape index (κ1) is 10.9. The average molecular weight is 262 g/mol. The average Bonchev–Trinajstić information content (AvgIpc) is 3.17. The summed E-state index contributed by atoms with van der Waals surface area (Å²) in [4.78, 5) is 8.62. The fraction of sp³-hybridized carbons (Fsp3) is 0. The predicted octanol–water partition coefficient (Wildman–Crippen LogP) is 3.05. The lowest BCUT2D eigenvalue weighted by Crippen LogP contribution is -1.91. The van der Waals surface area contributed by atoms with Gasteiger partial charge in [0.1, 0.15) is 0 Å². The lowest BCUT2D eigenvalue weighted by molar-refractivity contribution is 0.588. The first-order chi connectivity index (χ1) is 9.92. The summed E-state index contributed by atoms with van der Waals surface area (Å²) in [6.45, 7) is 0. The first-order valence-corrected chi connectivity index (χ1v) is 6.22. The van der Waals surface area contributed by atoms with Gasteiger partial charge in [-0.15, -0.1) is 0 Å². The summed E-state index contributed by atoms with van der Waals surface area (Å²) in [5, 5.41) is 4.18. The van der Waals surface area contributed by atoms with Crippen LogP contribution in [0.1, 0.15) is 0 Å². The van der Waals surface area contributed by atoms with Gasteiger partial charge in [-0.2, -0.15) is 5.10 Å². The van der Waals surface area contributed by atoms with Crippen LogP contribution in [0.4, 0.5) is 0 Å².